The fraction of sp³-hybridized carbons (Fsp3) is 0.593. The van der Waals surface area contributed by atoms with E-state index in [4.69, 9.17) is 0 Å². The standard InChI is InChI=1S/C27H36N6O4/c1-16(34)24-19-11-18(28-2)10-17-8-6-4-5-7-9-22(35)30-15-27-12-20(26(37)29-3)33(21(27)13-27)23(36)14-32(31-24)25(17)19/h10-11,20-21,28H,4-9,12-15H2,1-3H3,(H,29,37)(H,30,35)/t20-,21+,27-/m0/s1. The number of carbonyl (C=O) groups excluding carboxylic acids is 4. The van der Waals surface area contributed by atoms with Gasteiger partial charge in [-0.1, -0.05) is 12.8 Å². The van der Waals surface area contributed by atoms with Gasteiger partial charge < -0.3 is 20.9 Å². The van der Waals surface area contributed by atoms with E-state index in [2.05, 4.69) is 27.1 Å². The molecule has 2 bridgehead atoms. The molecule has 0 radical (unpaired) electrons. The third-order valence-corrected chi connectivity index (χ3v) is 8.32. The molecule has 0 spiro atoms. The highest BCUT2D eigenvalue weighted by Gasteiger charge is 2.67. The number of benzene rings is 1. The van der Waals surface area contributed by atoms with Gasteiger partial charge in [0, 0.05) is 56.5 Å². The van der Waals surface area contributed by atoms with Crippen LogP contribution in [0, 0.1) is 5.41 Å². The first-order valence-electron chi connectivity index (χ1n) is 13.3. The molecule has 0 unspecified atom stereocenters. The zero-order valence-electron chi connectivity index (χ0n) is 21.9. The molecule has 2 aliphatic heterocycles. The summed E-state index contributed by atoms with van der Waals surface area (Å²) in [5.41, 5.74) is 2.81. The number of nitrogens with one attached hydrogen (secondary N) is 3. The molecule has 5 rings (SSSR count). The van der Waals surface area contributed by atoms with Crippen molar-refractivity contribution in [1.82, 2.24) is 25.3 Å². The van der Waals surface area contributed by atoms with E-state index >= 15 is 0 Å². The number of nitrogens with zero attached hydrogens (tertiary/aromatic N) is 3. The highest BCUT2D eigenvalue weighted by molar-refractivity contribution is 6.06. The Morgan fingerprint density at radius 1 is 1.08 bits per heavy atom. The van der Waals surface area contributed by atoms with Crippen molar-refractivity contribution < 1.29 is 19.2 Å². The molecular formula is C27H36N6O4. The zero-order chi connectivity index (χ0) is 26.3. The van der Waals surface area contributed by atoms with Crippen LogP contribution in [0.4, 0.5) is 5.69 Å². The molecule has 3 atom stereocenters. The molecule has 1 aliphatic carbocycles. The van der Waals surface area contributed by atoms with E-state index in [-0.39, 0.29) is 41.5 Å². The summed E-state index contributed by atoms with van der Waals surface area (Å²) in [6.45, 7) is 1.92. The molecular weight excluding hydrogens is 472 g/mol. The largest absolute Gasteiger partial charge is 0.388 e. The van der Waals surface area contributed by atoms with E-state index in [1.54, 1.807) is 16.6 Å². The number of likely N-dealkylation sites (N-methyl/N-ethyl adjacent to an activating group) is 1. The van der Waals surface area contributed by atoms with Gasteiger partial charge in [-0.25, -0.2) is 0 Å². The molecule has 3 aliphatic rings. The molecule has 2 fully saturated rings. The second-order valence-electron chi connectivity index (χ2n) is 10.8. The quantitative estimate of drug-likeness (QED) is 0.545. The predicted molar refractivity (Wildman–Crippen MR) is 139 cm³/mol. The minimum absolute atomic E-state index is 0.0333. The van der Waals surface area contributed by atoms with Gasteiger partial charge in [-0.05, 0) is 49.8 Å². The van der Waals surface area contributed by atoms with Crippen LogP contribution in [0.1, 0.15) is 67.9 Å². The van der Waals surface area contributed by atoms with Crippen molar-refractivity contribution in [3.05, 3.63) is 23.4 Å². The van der Waals surface area contributed by atoms with Crippen molar-refractivity contribution in [2.75, 3.05) is 26.0 Å². The molecule has 2 aromatic rings. The summed E-state index contributed by atoms with van der Waals surface area (Å²) >= 11 is 0. The first-order chi connectivity index (χ1) is 17.8. The van der Waals surface area contributed by atoms with Crippen LogP contribution in [0.3, 0.4) is 0 Å². The normalized spacial score (nSPS) is 26.3. The lowest BCUT2D eigenvalue weighted by Crippen LogP contribution is -2.48. The van der Waals surface area contributed by atoms with Gasteiger partial charge in [-0.2, -0.15) is 5.10 Å². The van der Waals surface area contributed by atoms with Gasteiger partial charge in [0.2, 0.25) is 17.7 Å². The van der Waals surface area contributed by atoms with Crippen LogP contribution in [0.5, 0.6) is 0 Å². The van der Waals surface area contributed by atoms with E-state index in [1.165, 1.54) is 6.92 Å². The first-order valence-corrected chi connectivity index (χ1v) is 13.3. The Bertz CT molecular complexity index is 1270. The highest BCUT2D eigenvalue weighted by Crippen LogP contribution is 2.59. The van der Waals surface area contributed by atoms with Gasteiger partial charge in [0.15, 0.2) is 5.78 Å². The van der Waals surface area contributed by atoms with E-state index in [0.717, 1.165) is 60.7 Å². The monoisotopic (exact) mass is 508 g/mol. The Labute approximate surface area is 216 Å². The van der Waals surface area contributed by atoms with E-state index in [9.17, 15) is 19.2 Å². The molecule has 1 aromatic carbocycles. The third kappa shape index (κ3) is 4.57. The van der Waals surface area contributed by atoms with Crippen LogP contribution >= 0.6 is 0 Å². The smallest absolute Gasteiger partial charge is 0.245 e. The van der Waals surface area contributed by atoms with Crippen molar-refractivity contribution in [2.45, 2.75) is 76.9 Å². The van der Waals surface area contributed by atoms with Gasteiger partial charge in [0.25, 0.3) is 0 Å². The second-order valence-corrected chi connectivity index (χ2v) is 10.8. The molecule has 3 amide bonds. The molecule has 3 N–H and O–H groups in total. The van der Waals surface area contributed by atoms with E-state index < -0.39 is 6.04 Å². The number of piperidine rings is 1. The lowest BCUT2D eigenvalue weighted by Gasteiger charge is -2.26. The van der Waals surface area contributed by atoms with Crippen LogP contribution in [0.25, 0.3) is 10.9 Å². The fourth-order valence-corrected chi connectivity index (χ4v) is 6.28. The van der Waals surface area contributed by atoms with Crippen LogP contribution in [0.2, 0.25) is 0 Å². The average Bonchev–Trinajstić information content (AvgIpc) is 3.29. The minimum atomic E-state index is -0.587. The lowest BCUT2D eigenvalue weighted by molar-refractivity contribution is -0.140. The maximum Gasteiger partial charge on any atom is 0.245 e. The number of ketones is 1. The molecule has 1 saturated carbocycles. The topological polar surface area (TPSA) is 125 Å². The van der Waals surface area contributed by atoms with Crippen molar-refractivity contribution >= 4 is 40.1 Å². The van der Waals surface area contributed by atoms with Crippen LogP contribution in [-0.2, 0) is 27.3 Å². The molecule has 1 aromatic heterocycles. The van der Waals surface area contributed by atoms with Gasteiger partial charge in [0.05, 0.1) is 5.52 Å². The van der Waals surface area contributed by atoms with Crippen molar-refractivity contribution in [3.8, 4) is 0 Å². The summed E-state index contributed by atoms with van der Waals surface area (Å²) in [7, 11) is 3.42. The Balaban J connectivity index is 1.57. The predicted octanol–water partition coefficient (Wildman–Crippen LogP) is 2.01. The summed E-state index contributed by atoms with van der Waals surface area (Å²) in [5.74, 6) is -0.517. The minimum Gasteiger partial charge on any atom is -0.388 e. The van der Waals surface area contributed by atoms with Crippen molar-refractivity contribution in [1.29, 1.82) is 0 Å². The fourth-order valence-electron chi connectivity index (χ4n) is 6.28. The Hall–Kier alpha value is -3.43. The number of hydrogen-bond acceptors (Lipinski definition) is 6. The molecule has 198 valence electrons. The summed E-state index contributed by atoms with van der Waals surface area (Å²) in [5, 5.41) is 14.3. The Morgan fingerprint density at radius 2 is 1.84 bits per heavy atom. The van der Waals surface area contributed by atoms with Crippen LogP contribution in [0.15, 0.2) is 12.1 Å². The maximum absolute atomic E-state index is 13.8. The zero-order valence-corrected chi connectivity index (χ0v) is 21.9. The summed E-state index contributed by atoms with van der Waals surface area (Å²) in [6, 6.07) is 3.29. The molecule has 1 saturated heterocycles. The molecule has 10 heteroatoms. The number of rotatable bonds is 3. The Morgan fingerprint density at radius 3 is 2.54 bits per heavy atom. The summed E-state index contributed by atoms with van der Waals surface area (Å²) in [4.78, 5) is 53.3. The van der Waals surface area contributed by atoms with Crippen LogP contribution in [-0.4, -0.2) is 70.9 Å². The molecule has 37 heavy (non-hydrogen) atoms. The summed E-state index contributed by atoms with van der Waals surface area (Å²) in [6.07, 6.45) is 6.24. The van der Waals surface area contributed by atoms with E-state index in [1.807, 2.05) is 13.1 Å². The number of anilines is 1. The van der Waals surface area contributed by atoms with Gasteiger partial charge in [0.1, 0.15) is 18.3 Å². The van der Waals surface area contributed by atoms with Crippen molar-refractivity contribution in [3.63, 3.8) is 0 Å². The number of Topliss-reactive ketones (excluding diaryl/α,β-unsaturated/α-hetero) is 1. The number of carbonyl (C=O) groups is 4. The van der Waals surface area contributed by atoms with Gasteiger partial charge in [-0.15, -0.1) is 0 Å². The second kappa shape index (κ2) is 9.79. The third-order valence-electron chi connectivity index (χ3n) is 8.32. The van der Waals surface area contributed by atoms with Crippen LogP contribution < -0.4 is 16.0 Å². The van der Waals surface area contributed by atoms with E-state index in [0.29, 0.717) is 25.1 Å². The number of hydrogen-bond donors (Lipinski definition) is 3. The SMILES string of the molecule is CNC(=O)[C@@H]1C[C@]23CNC(=O)CCCCCCc4cc(NC)cc5c(C(C)=O)nn(c45)CC(=O)N1[C@@H]2C3. The summed E-state index contributed by atoms with van der Waals surface area (Å²) < 4.78 is 1.66. The Kier molecular flexibility index (Phi) is 6.68. The molecule has 10 nitrogen and oxygen atoms in total. The van der Waals surface area contributed by atoms with Gasteiger partial charge >= 0.3 is 0 Å². The highest BCUT2D eigenvalue weighted by atomic mass is 16.2. The number of amides is 3. The number of aromatic nitrogens is 2. The first kappa shape index (κ1) is 25.2. The number of aryl methyl sites for hydroxylation is 1. The lowest BCUT2D eigenvalue weighted by atomic mass is 9.98. The average molecular weight is 509 g/mol. The molecule has 3 heterocycles. The maximum atomic E-state index is 13.8. The van der Waals surface area contributed by atoms with Gasteiger partial charge in [-0.3, -0.25) is 23.9 Å². The van der Waals surface area contributed by atoms with Crippen molar-refractivity contribution in [2.24, 2.45) is 5.41 Å².